The second-order valence-electron chi connectivity index (χ2n) is 6.87. The molecule has 1 aromatic heterocycles. The van der Waals surface area contributed by atoms with Gasteiger partial charge in [-0.2, -0.15) is 0 Å². The van der Waals surface area contributed by atoms with Gasteiger partial charge >= 0.3 is 5.97 Å². The number of rotatable bonds is 5. The number of aromatic nitrogens is 2. The number of nitrogens with one attached hydrogen (secondary N) is 1. The number of carboxylic acid groups (broad SMARTS) is 1. The number of aromatic amines is 1. The van der Waals surface area contributed by atoms with Crippen molar-refractivity contribution in [1.82, 2.24) is 19.8 Å². The molecule has 2 aromatic rings. The van der Waals surface area contributed by atoms with Crippen molar-refractivity contribution in [1.29, 1.82) is 0 Å². The molecule has 6 heteroatoms. The number of carbonyl (C=O) groups is 1. The molecule has 1 saturated heterocycles. The molecule has 134 valence electrons. The van der Waals surface area contributed by atoms with E-state index in [1.54, 1.807) is 0 Å². The first-order chi connectivity index (χ1) is 12.0. The summed E-state index contributed by atoms with van der Waals surface area (Å²) in [6.45, 7) is 9.49. The third kappa shape index (κ3) is 3.75. The third-order valence-corrected chi connectivity index (χ3v) is 4.91. The molecule has 25 heavy (non-hydrogen) atoms. The second-order valence-corrected chi connectivity index (χ2v) is 6.87. The summed E-state index contributed by atoms with van der Waals surface area (Å²) >= 11 is 0. The number of aliphatic carboxylic acids is 1. The molecule has 1 aliphatic rings. The van der Waals surface area contributed by atoms with E-state index in [0.717, 1.165) is 43.3 Å². The first-order valence-corrected chi connectivity index (χ1v) is 8.80. The van der Waals surface area contributed by atoms with Crippen LogP contribution >= 0.6 is 0 Å². The molecule has 1 aliphatic heterocycles. The summed E-state index contributed by atoms with van der Waals surface area (Å²) in [5.74, 6) is -0.118. The van der Waals surface area contributed by atoms with Crippen LogP contribution in [0.3, 0.4) is 0 Å². The van der Waals surface area contributed by atoms with Gasteiger partial charge < -0.3 is 10.1 Å². The van der Waals surface area contributed by atoms with Gasteiger partial charge in [0, 0.05) is 43.5 Å². The monoisotopic (exact) mass is 342 g/mol. The summed E-state index contributed by atoms with van der Waals surface area (Å²) in [6.07, 6.45) is 0. The maximum atomic E-state index is 12.0. The molecule has 2 N–H and O–H groups in total. The molecule has 0 amide bonds. The summed E-state index contributed by atoms with van der Waals surface area (Å²) in [7, 11) is 0. The van der Waals surface area contributed by atoms with Crippen LogP contribution in [0.4, 0.5) is 0 Å². The zero-order valence-electron chi connectivity index (χ0n) is 15.1. The minimum atomic E-state index is -0.841. The molecule has 1 atom stereocenters. The molecule has 0 radical (unpaired) electrons. The van der Waals surface area contributed by atoms with Crippen molar-refractivity contribution in [3.63, 3.8) is 0 Å². The van der Waals surface area contributed by atoms with E-state index in [9.17, 15) is 9.90 Å². The number of hydrogen-bond donors (Lipinski definition) is 2. The number of nitrogens with zero attached hydrogens (tertiary/aromatic N) is 3. The number of carboxylic acids is 1. The van der Waals surface area contributed by atoms with E-state index in [1.165, 1.54) is 0 Å². The zero-order chi connectivity index (χ0) is 18.0. The van der Waals surface area contributed by atoms with Crippen LogP contribution in [0.2, 0.25) is 0 Å². The van der Waals surface area contributed by atoms with Gasteiger partial charge in [-0.15, -0.1) is 0 Å². The highest BCUT2D eigenvalue weighted by Crippen LogP contribution is 2.27. The van der Waals surface area contributed by atoms with E-state index >= 15 is 0 Å². The fraction of sp³-hybridized carbons (Fsp3) is 0.474. The summed E-state index contributed by atoms with van der Waals surface area (Å²) in [5.41, 5.74) is 2.40. The van der Waals surface area contributed by atoms with Crippen molar-refractivity contribution in [2.75, 3.05) is 26.2 Å². The Hall–Kier alpha value is -2.18. The highest BCUT2D eigenvalue weighted by atomic mass is 16.4. The molecule has 6 nitrogen and oxygen atoms in total. The minimum Gasteiger partial charge on any atom is -0.480 e. The molecule has 0 saturated carbocycles. The van der Waals surface area contributed by atoms with E-state index in [2.05, 4.69) is 28.7 Å². The Labute approximate surface area is 148 Å². The Morgan fingerprint density at radius 1 is 1.12 bits per heavy atom. The number of aryl methyl sites for hydroxylation is 1. The van der Waals surface area contributed by atoms with Crippen LogP contribution < -0.4 is 0 Å². The normalized spacial score (nSPS) is 17.8. The number of hydrogen-bond acceptors (Lipinski definition) is 4. The van der Waals surface area contributed by atoms with E-state index in [0.29, 0.717) is 11.7 Å². The average molecular weight is 342 g/mol. The lowest BCUT2D eigenvalue weighted by molar-refractivity contribution is -0.144. The summed E-state index contributed by atoms with van der Waals surface area (Å²) in [4.78, 5) is 24.3. The number of H-pyrrole nitrogens is 1. The maximum Gasteiger partial charge on any atom is 0.327 e. The summed E-state index contributed by atoms with van der Waals surface area (Å²) in [6, 6.07) is 9.58. The Balaban J connectivity index is 1.85. The van der Waals surface area contributed by atoms with Crippen molar-refractivity contribution in [3.05, 3.63) is 41.7 Å². The largest absolute Gasteiger partial charge is 0.480 e. The Bertz CT molecular complexity index is 718. The molecule has 1 unspecified atom stereocenters. The van der Waals surface area contributed by atoms with Crippen LogP contribution in [0.15, 0.2) is 30.3 Å². The predicted molar refractivity (Wildman–Crippen MR) is 97.4 cm³/mol. The second kappa shape index (κ2) is 7.37. The number of piperazine rings is 1. The van der Waals surface area contributed by atoms with E-state index < -0.39 is 12.0 Å². The van der Waals surface area contributed by atoms with Gasteiger partial charge in [-0.05, 0) is 20.8 Å². The smallest absolute Gasteiger partial charge is 0.327 e. The minimum absolute atomic E-state index is 0.488. The summed E-state index contributed by atoms with van der Waals surface area (Å²) < 4.78 is 0. The van der Waals surface area contributed by atoms with Crippen LogP contribution in [0.25, 0.3) is 11.4 Å². The molecule has 0 spiro atoms. The van der Waals surface area contributed by atoms with Crippen molar-refractivity contribution in [2.45, 2.75) is 32.9 Å². The first-order valence-electron chi connectivity index (χ1n) is 8.80. The average Bonchev–Trinajstić information content (AvgIpc) is 2.98. The molecular weight excluding hydrogens is 316 g/mol. The van der Waals surface area contributed by atoms with Gasteiger partial charge in [0.1, 0.15) is 5.82 Å². The number of imidazole rings is 1. The predicted octanol–water partition coefficient (Wildman–Crippen LogP) is 2.54. The van der Waals surface area contributed by atoms with E-state index in [1.807, 2.05) is 42.2 Å². The van der Waals surface area contributed by atoms with Gasteiger partial charge in [0.15, 0.2) is 6.04 Å². The van der Waals surface area contributed by atoms with Crippen molar-refractivity contribution in [3.8, 4) is 11.4 Å². The van der Waals surface area contributed by atoms with Gasteiger partial charge in [0.2, 0.25) is 0 Å². The molecule has 0 bridgehead atoms. The Morgan fingerprint density at radius 3 is 2.28 bits per heavy atom. The topological polar surface area (TPSA) is 72.5 Å². The van der Waals surface area contributed by atoms with Gasteiger partial charge in [-0.1, -0.05) is 30.3 Å². The zero-order valence-corrected chi connectivity index (χ0v) is 15.1. The van der Waals surface area contributed by atoms with Crippen LogP contribution in [0, 0.1) is 6.92 Å². The van der Waals surface area contributed by atoms with Gasteiger partial charge in [0.25, 0.3) is 0 Å². The lowest BCUT2D eigenvalue weighted by Gasteiger charge is -2.39. The van der Waals surface area contributed by atoms with Crippen LogP contribution in [0.1, 0.15) is 31.3 Å². The molecule has 2 heterocycles. The van der Waals surface area contributed by atoms with Crippen LogP contribution in [0.5, 0.6) is 0 Å². The summed E-state index contributed by atoms with van der Waals surface area (Å²) in [5, 5.41) is 9.85. The molecule has 1 aromatic carbocycles. The third-order valence-electron chi connectivity index (χ3n) is 4.91. The Kier molecular flexibility index (Phi) is 5.20. The van der Waals surface area contributed by atoms with Gasteiger partial charge in [-0.3, -0.25) is 14.6 Å². The highest BCUT2D eigenvalue weighted by Gasteiger charge is 2.34. The van der Waals surface area contributed by atoms with Crippen molar-refractivity contribution >= 4 is 5.97 Å². The van der Waals surface area contributed by atoms with E-state index in [-0.39, 0.29) is 0 Å². The fourth-order valence-corrected chi connectivity index (χ4v) is 3.43. The van der Waals surface area contributed by atoms with E-state index in [4.69, 9.17) is 0 Å². The van der Waals surface area contributed by atoms with Crippen molar-refractivity contribution in [2.24, 2.45) is 0 Å². The molecular formula is C19H26N4O2. The first kappa shape index (κ1) is 17.6. The maximum absolute atomic E-state index is 12.0. The van der Waals surface area contributed by atoms with Crippen LogP contribution in [-0.4, -0.2) is 63.1 Å². The van der Waals surface area contributed by atoms with Crippen molar-refractivity contribution < 1.29 is 9.90 Å². The SMILES string of the molecule is Cc1[nH]c(-c2ccccc2)nc1C(C(=O)O)N1CCN(C(C)C)CC1. The standard InChI is InChI=1S/C19H26N4O2/c1-13(2)22-9-11-23(12-10-22)17(19(24)25)16-14(3)20-18(21-16)15-7-5-4-6-8-15/h4-8,13,17H,9-12H2,1-3H3,(H,20,21)(H,24,25). The highest BCUT2D eigenvalue weighted by molar-refractivity contribution is 5.76. The lowest BCUT2D eigenvalue weighted by atomic mass is 10.1. The number of benzene rings is 1. The van der Waals surface area contributed by atoms with Gasteiger partial charge in [-0.25, -0.2) is 4.98 Å². The molecule has 3 rings (SSSR count). The quantitative estimate of drug-likeness (QED) is 0.874. The molecule has 1 fully saturated rings. The van der Waals surface area contributed by atoms with Crippen LogP contribution in [-0.2, 0) is 4.79 Å². The fourth-order valence-electron chi connectivity index (χ4n) is 3.43. The lowest BCUT2D eigenvalue weighted by Crippen LogP contribution is -2.51. The molecule has 0 aliphatic carbocycles. The van der Waals surface area contributed by atoms with Gasteiger partial charge in [0.05, 0.1) is 5.69 Å². The Morgan fingerprint density at radius 2 is 1.72 bits per heavy atom.